The molecule has 1 amide bonds. The van der Waals surface area contributed by atoms with Gasteiger partial charge in [-0.1, -0.05) is 44.9 Å². The predicted molar refractivity (Wildman–Crippen MR) is 103 cm³/mol. The second kappa shape index (κ2) is 9.62. The summed E-state index contributed by atoms with van der Waals surface area (Å²) in [5.74, 6) is 1.23. The highest BCUT2D eigenvalue weighted by Gasteiger charge is 2.25. The summed E-state index contributed by atoms with van der Waals surface area (Å²) in [6, 6.07) is 8.47. The highest BCUT2D eigenvalue weighted by atomic mass is 16.5. The molecular weight excluding hydrogens is 312 g/mol. The lowest BCUT2D eigenvalue weighted by Gasteiger charge is -2.29. The number of rotatable bonds is 9. The Bertz CT molecular complexity index is 548. The fourth-order valence-corrected chi connectivity index (χ4v) is 3.63. The molecule has 25 heavy (non-hydrogen) atoms. The van der Waals surface area contributed by atoms with E-state index < -0.39 is 0 Å². The molecule has 1 aliphatic carbocycles. The summed E-state index contributed by atoms with van der Waals surface area (Å²) in [5, 5.41) is 3.23. The molecule has 0 aromatic heterocycles. The minimum absolute atomic E-state index is 0.00700. The van der Waals surface area contributed by atoms with E-state index >= 15 is 0 Å². The SMILES string of the molecule is C=CCN(CC(=O)N[C@@H](c1ccc(OC)cc1)C(C)C)C1CCCC1. The summed E-state index contributed by atoms with van der Waals surface area (Å²) in [6.45, 7) is 9.32. The highest BCUT2D eigenvalue weighted by Crippen LogP contribution is 2.25. The topological polar surface area (TPSA) is 41.6 Å². The molecule has 0 unspecified atom stereocenters. The summed E-state index contributed by atoms with van der Waals surface area (Å²) in [5.41, 5.74) is 1.11. The molecule has 0 spiro atoms. The highest BCUT2D eigenvalue weighted by molar-refractivity contribution is 5.78. The van der Waals surface area contributed by atoms with Crippen LogP contribution >= 0.6 is 0 Å². The van der Waals surface area contributed by atoms with Gasteiger partial charge < -0.3 is 10.1 Å². The summed E-state index contributed by atoms with van der Waals surface area (Å²) in [6.07, 6.45) is 6.80. The van der Waals surface area contributed by atoms with Crippen molar-refractivity contribution in [3.8, 4) is 5.75 Å². The number of methoxy groups -OCH3 is 1. The Morgan fingerprint density at radius 2 is 1.96 bits per heavy atom. The van der Waals surface area contributed by atoms with E-state index in [0.717, 1.165) is 17.9 Å². The molecule has 4 nitrogen and oxygen atoms in total. The van der Waals surface area contributed by atoms with Gasteiger partial charge in [-0.05, 0) is 36.5 Å². The molecule has 0 radical (unpaired) electrons. The third-order valence-electron chi connectivity index (χ3n) is 5.01. The first-order valence-electron chi connectivity index (χ1n) is 9.33. The molecule has 1 fully saturated rings. The molecule has 4 heteroatoms. The van der Waals surface area contributed by atoms with Gasteiger partial charge in [0.15, 0.2) is 0 Å². The third kappa shape index (κ3) is 5.60. The lowest BCUT2D eigenvalue weighted by Crippen LogP contribution is -2.43. The Morgan fingerprint density at radius 1 is 1.32 bits per heavy atom. The van der Waals surface area contributed by atoms with Crippen molar-refractivity contribution in [3.05, 3.63) is 42.5 Å². The average molecular weight is 344 g/mol. The molecule has 2 rings (SSSR count). The van der Waals surface area contributed by atoms with Gasteiger partial charge in [0.2, 0.25) is 5.91 Å². The van der Waals surface area contributed by atoms with Gasteiger partial charge in [-0.3, -0.25) is 9.69 Å². The molecule has 1 atom stereocenters. The van der Waals surface area contributed by atoms with Gasteiger partial charge >= 0.3 is 0 Å². The molecule has 0 heterocycles. The Kier molecular flexibility index (Phi) is 7.51. The number of carbonyl (C=O) groups excluding carboxylic acids is 1. The van der Waals surface area contributed by atoms with Crippen LogP contribution < -0.4 is 10.1 Å². The first kappa shape index (κ1) is 19.5. The van der Waals surface area contributed by atoms with E-state index in [1.165, 1.54) is 25.7 Å². The van der Waals surface area contributed by atoms with Crippen LogP contribution in [0.2, 0.25) is 0 Å². The van der Waals surface area contributed by atoms with E-state index in [-0.39, 0.29) is 11.9 Å². The van der Waals surface area contributed by atoms with Gasteiger partial charge in [0.25, 0.3) is 0 Å². The van der Waals surface area contributed by atoms with Crippen molar-refractivity contribution in [2.24, 2.45) is 5.92 Å². The summed E-state index contributed by atoms with van der Waals surface area (Å²) in [7, 11) is 1.66. The van der Waals surface area contributed by atoms with Crippen LogP contribution in [-0.4, -0.2) is 37.0 Å². The number of nitrogens with one attached hydrogen (secondary N) is 1. The van der Waals surface area contributed by atoms with Crippen molar-refractivity contribution in [1.29, 1.82) is 0 Å². The monoisotopic (exact) mass is 344 g/mol. The largest absolute Gasteiger partial charge is 0.497 e. The molecule has 0 saturated heterocycles. The molecule has 1 N–H and O–H groups in total. The number of nitrogens with zero attached hydrogens (tertiary/aromatic N) is 1. The first-order valence-corrected chi connectivity index (χ1v) is 9.33. The van der Waals surface area contributed by atoms with Gasteiger partial charge in [-0.25, -0.2) is 0 Å². The minimum atomic E-state index is 0.00700. The molecule has 0 aliphatic heterocycles. The summed E-state index contributed by atoms with van der Waals surface area (Å²) in [4.78, 5) is 14.9. The van der Waals surface area contributed by atoms with Crippen LogP contribution in [0.1, 0.15) is 51.1 Å². The Labute approximate surface area is 152 Å². The Hall–Kier alpha value is -1.81. The minimum Gasteiger partial charge on any atom is -0.497 e. The normalized spacial score (nSPS) is 16.2. The van der Waals surface area contributed by atoms with Crippen LogP contribution in [-0.2, 0) is 4.79 Å². The van der Waals surface area contributed by atoms with Crippen molar-refractivity contribution < 1.29 is 9.53 Å². The number of amides is 1. The number of carbonyl (C=O) groups is 1. The molecule has 138 valence electrons. The van der Waals surface area contributed by atoms with Gasteiger partial charge in [0.1, 0.15) is 5.75 Å². The van der Waals surface area contributed by atoms with E-state index in [9.17, 15) is 4.79 Å². The Morgan fingerprint density at radius 3 is 2.48 bits per heavy atom. The lowest BCUT2D eigenvalue weighted by molar-refractivity contribution is -0.123. The van der Waals surface area contributed by atoms with E-state index in [1.807, 2.05) is 30.3 Å². The maximum absolute atomic E-state index is 12.7. The van der Waals surface area contributed by atoms with E-state index in [1.54, 1.807) is 7.11 Å². The zero-order chi connectivity index (χ0) is 18.2. The predicted octanol–water partition coefficient (Wildman–Crippen LogP) is 3.94. The summed E-state index contributed by atoms with van der Waals surface area (Å²) < 4.78 is 5.22. The van der Waals surface area contributed by atoms with Crippen LogP contribution in [0.5, 0.6) is 5.75 Å². The smallest absolute Gasteiger partial charge is 0.234 e. The van der Waals surface area contributed by atoms with Gasteiger partial charge in [0.05, 0.1) is 19.7 Å². The second-order valence-electron chi connectivity index (χ2n) is 7.22. The third-order valence-corrected chi connectivity index (χ3v) is 5.01. The lowest BCUT2D eigenvalue weighted by atomic mass is 9.96. The van der Waals surface area contributed by atoms with E-state index in [0.29, 0.717) is 18.5 Å². The number of benzene rings is 1. The fourth-order valence-electron chi connectivity index (χ4n) is 3.63. The number of hydrogen-bond donors (Lipinski definition) is 1. The molecule has 1 aromatic carbocycles. The van der Waals surface area contributed by atoms with Crippen molar-refractivity contribution in [2.75, 3.05) is 20.2 Å². The standard InChI is InChI=1S/C21H32N2O2/c1-5-14-23(18-8-6-7-9-18)15-20(24)22-21(16(2)3)17-10-12-19(25-4)13-11-17/h5,10-13,16,18,21H,1,6-9,14-15H2,2-4H3,(H,22,24)/t21-/m1/s1. The van der Waals surface area contributed by atoms with Crippen molar-refractivity contribution in [1.82, 2.24) is 10.2 Å². The van der Waals surface area contributed by atoms with Crippen LogP contribution in [0.4, 0.5) is 0 Å². The van der Waals surface area contributed by atoms with Gasteiger partial charge in [-0.15, -0.1) is 6.58 Å². The number of ether oxygens (including phenoxy) is 1. The van der Waals surface area contributed by atoms with Crippen molar-refractivity contribution in [2.45, 2.75) is 51.6 Å². The van der Waals surface area contributed by atoms with Crippen LogP contribution in [0.15, 0.2) is 36.9 Å². The molecule has 1 saturated carbocycles. The zero-order valence-corrected chi connectivity index (χ0v) is 15.8. The molecule has 0 bridgehead atoms. The first-order chi connectivity index (χ1) is 12.0. The maximum Gasteiger partial charge on any atom is 0.234 e. The van der Waals surface area contributed by atoms with Gasteiger partial charge in [-0.2, -0.15) is 0 Å². The Balaban J connectivity index is 2.01. The van der Waals surface area contributed by atoms with E-state index in [4.69, 9.17) is 4.74 Å². The fraction of sp³-hybridized carbons (Fsp3) is 0.571. The van der Waals surface area contributed by atoms with E-state index in [2.05, 4.69) is 30.6 Å². The van der Waals surface area contributed by atoms with Crippen LogP contribution in [0.3, 0.4) is 0 Å². The number of hydrogen-bond acceptors (Lipinski definition) is 3. The molecule has 1 aliphatic rings. The summed E-state index contributed by atoms with van der Waals surface area (Å²) >= 11 is 0. The van der Waals surface area contributed by atoms with Gasteiger partial charge in [0, 0.05) is 12.6 Å². The maximum atomic E-state index is 12.7. The van der Waals surface area contributed by atoms with Crippen molar-refractivity contribution >= 4 is 5.91 Å². The quantitative estimate of drug-likeness (QED) is 0.690. The average Bonchev–Trinajstić information content (AvgIpc) is 3.14. The van der Waals surface area contributed by atoms with Crippen LogP contribution in [0, 0.1) is 5.92 Å². The molecule has 1 aromatic rings. The van der Waals surface area contributed by atoms with Crippen molar-refractivity contribution in [3.63, 3.8) is 0 Å². The van der Waals surface area contributed by atoms with Crippen LogP contribution in [0.25, 0.3) is 0 Å². The second-order valence-corrected chi connectivity index (χ2v) is 7.22. The molecular formula is C21H32N2O2. The zero-order valence-electron chi connectivity index (χ0n) is 15.8.